The third-order valence-electron chi connectivity index (χ3n) is 2.53. The Morgan fingerprint density at radius 1 is 1.25 bits per heavy atom. The number of rotatable bonds is 5. The summed E-state index contributed by atoms with van der Waals surface area (Å²) in [6, 6.07) is 1.60. The Bertz CT molecular complexity index is 332. The van der Waals surface area contributed by atoms with Crippen LogP contribution in [0.4, 0.5) is 8.78 Å². The van der Waals surface area contributed by atoms with Gasteiger partial charge in [0.25, 0.3) is 0 Å². The fraction of sp³-hybridized carbons (Fsp3) is 0.500. The van der Waals surface area contributed by atoms with Crippen molar-refractivity contribution in [2.75, 3.05) is 0 Å². The van der Waals surface area contributed by atoms with Gasteiger partial charge in [0.05, 0.1) is 0 Å². The molecule has 4 heteroatoms. The molecule has 1 aromatic carbocycles. The highest BCUT2D eigenvalue weighted by Gasteiger charge is 2.17. The lowest BCUT2D eigenvalue weighted by atomic mass is 10.0. The van der Waals surface area contributed by atoms with E-state index in [4.69, 9.17) is 17.3 Å². The van der Waals surface area contributed by atoms with Gasteiger partial charge in [-0.15, -0.1) is 0 Å². The predicted octanol–water partition coefficient (Wildman–Crippen LogP) is 4.20. The molecule has 0 aliphatic carbocycles. The third kappa shape index (κ3) is 3.42. The molecule has 0 saturated heterocycles. The molecule has 1 aromatic rings. The second kappa shape index (κ2) is 6.16. The Hall–Kier alpha value is -0.670. The molecule has 0 heterocycles. The van der Waals surface area contributed by atoms with Crippen molar-refractivity contribution in [1.82, 2.24) is 0 Å². The number of nitrogens with two attached hydrogens (primary N) is 1. The Morgan fingerprint density at radius 3 is 2.31 bits per heavy atom. The van der Waals surface area contributed by atoms with E-state index in [1.807, 2.05) is 0 Å². The summed E-state index contributed by atoms with van der Waals surface area (Å²) in [6.45, 7) is 2.06. The molecule has 0 bridgehead atoms. The van der Waals surface area contributed by atoms with Crippen molar-refractivity contribution < 1.29 is 8.78 Å². The Balaban J connectivity index is 2.78. The third-order valence-corrected chi connectivity index (χ3v) is 2.75. The van der Waals surface area contributed by atoms with E-state index in [9.17, 15) is 8.78 Å². The van der Waals surface area contributed by atoms with Crippen LogP contribution in [-0.4, -0.2) is 0 Å². The topological polar surface area (TPSA) is 26.0 Å². The average Bonchev–Trinajstić information content (AvgIpc) is 2.16. The largest absolute Gasteiger partial charge is 0.324 e. The van der Waals surface area contributed by atoms with Crippen LogP contribution in [0, 0.1) is 11.6 Å². The molecule has 0 saturated carbocycles. The maximum atomic E-state index is 13.5. The summed E-state index contributed by atoms with van der Waals surface area (Å²) in [5.74, 6) is -1.32. The molecule has 0 aliphatic rings. The number of halogens is 3. The standard InChI is InChI=1S/C12H16ClF2N/c1-2-3-4-5-11(16)12-9(14)6-8(13)7-10(12)15/h6-7,11H,2-5,16H2,1H3/t11-/m0/s1. The van der Waals surface area contributed by atoms with Crippen LogP contribution in [0.2, 0.25) is 5.02 Å². The van der Waals surface area contributed by atoms with Gasteiger partial charge >= 0.3 is 0 Å². The van der Waals surface area contributed by atoms with Crippen molar-refractivity contribution in [1.29, 1.82) is 0 Å². The molecule has 0 spiro atoms. The normalized spacial score (nSPS) is 12.8. The Kier molecular flexibility index (Phi) is 5.16. The molecule has 0 aliphatic heterocycles. The fourth-order valence-electron chi connectivity index (χ4n) is 1.67. The van der Waals surface area contributed by atoms with Crippen LogP contribution in [0.1, 0.15) is 44.2 Å². The quantitative estimate of drug-likeness (QED) is 0.776. The summed E-state index contributed by atoms with van der Waals surface area (Å²) in [5.41, 5.74) is 5.71. The van der Waals surface area contributed by atoms with E-state index in [0.29, 0.717) is 6.42 Å². The summed E-state index contributed by atoms with van der Waals surface area (Å²) >= 11 is 5.53. The minimum atomic E-state index is -0.658. The lowest BCUT2D eigenvalue weighted by Gasteiger charge is -2.13. The Morgan fingerprint density at radius 2 is 1.81 bits per heavy atom. The Labute approximate surface area is 99.6 Å². The first kappa shape index (κ1) is 13.4. The molecule has 0 fully saturated rings. The number of hydrogen-bond acceptors (Lipinski definition) is 1. The van der Waals surface area contributed by atoms with Gasteiger partial charge in [0.15, 0.2) is 0 Å². The van der Waals surface area contributed by atoms with Gasteiger partial charge in [0, 0.05) is 16.6 Å². The molecular formula is C12H16ClF2N. The minimum Gasteiger partial charge on any atom is -0.324 e. The van der Waals surface area contributed by atoms with Crippen molar-refractivity contribution in [2.24, 2.45) is 5.73 Å². The van der Waals surface area contributed by atoms with Gasteiger partial charge in [-0.3, -0.25) is 0 Å². The van der Waals surface area contributed by atoms with Crippen LogP contribution in [0.3, 0.4) is 0 Å². The van der Waals surface area contributed by atoms with E-state index in [1.54, 1.807) is 0 Å². The zero-order chi connectivity index (χ0) is 12.1. The second-order valence-corrected chi connectivity index (χ2v) is 4.32. The average molecular weight is 248 g/mol. The summed E-state index contributed by atoms with van der Waals surface area (Å²) < 4.78 is 26.9. The van der Waals surface area contributed by atoms with E-state index in [1.165, 1.54) is 0 Å². The monoisotopic (exact) mass is 247 g/mol. The van der Waals surface area contributed by atoms with Gasteiger partial charge in [0.2, 0.25) is 0 Å². The second-order valence-electron chi connectivity index (χ2n) is 3.89. The summed E-state index contributed by atoms with van der Waals surface area (Å²) in [5, 5.41) is 0.0551. The van der Waals surface area contributed by atoms with Crippen LogP contribution in [0.15, 0.2) is 12.1 Å². The predicted molar refractivity (Wildman–Crippen MR) is 62.4 cm³/mol. The van der Waals surface area contributed by atoms with E-state index in [2.05, 4.69) is 6.92 Å². The zero-order valence-electron chi connectivity index (χ0n) is 9.27. The van der Waals surface area contributed by atoms with Crippen LogP contribution >= 0.6 is 11.6 Å². The van der Waals surface area contributed by atoms with Gasteiger partial charge in [-0.2, -0.15) is 0 Å². The smallest absolute Gasteiger partial charge is 0.132 e. The van der Waals surface area contributed by atoms with Crippen molar-refractivity contribution in [3.05, 3.63) is 34.4 Å². The summed E-state index contributed by atoms with van der Waals surface area (Å²) in [4.78, 5) is 0. The highest BCUT2D eigenvalue weighted by molar-refractivity contribution is 6.30. The van der Waals surface area contributed by atoms with Gasteiger partial charge in [-0.1, -0.05) is 37.8 Å². The number of benzene rings is 1. The van der Waals surface area contributed by atoms with Crippen LogP contribution in [0.25, 0.3) is 0 Å². The lowest BCUT2D eigenvalue weighted by Crippen LogP contribution is -2.14. The molecule has 90 valence electrons. The van der Waals surface area contributed by atoms with Gasteiger partial charge in [0.1, 0.15) is 11.6 Å². The molecule has 2 N–H and O–H groups in total. The van der Waals surface area contributed by atoms with Crippen molar-refractivity contribution in [3.8, 4) is 0 Å². The van der Waals surface area contributed by atoms with E-state index in [-0.39, 0.29) is 10.6 Å². The molecule has 0 amide bonds. The fourth-order valence-corrected chi connectivity index (χ4v) is 1.86. The van der Waals surface area contributed by atoms with Gasteiger partial charge < -0.3 is 5.73 Å². The van der Waals surface area contributed by atoms with Gasteiger partial charge in [-0.05, 0) is 18.6 Å². The van der Waals surface area contributed by atoms with Crippen molar-refractivity contribution in [3.63, 3.8) is 0 Å². The molecule has 0 radical (unpaired) electrons. The van der Waals surface area contributed by atoms with Crippen molar-refractivity contribution in [2.45, 2.75) is 38.6 Å². The number of hydrogen-bond donors (Lipinski definition) is 1. The van der Waals surface area contributed by atoms with Crippen LogP contribution in [0.5, 0.6) is 0 Å². The first-order valence-electron chi connectivity index (χ1n) is 5.46. The molecule has 0 unspecified atom stereocenters. The highest BCUT2D eigenvalue weighted by Crippen LogP contribution is 2.26. The molecular weight excluding hydrogens is 232 g/mol. The molecule has 16 heavy (non-hydrogen) atoms. The zero-order valence-corrected chi connectivity index (χ0v) is 10.0. The van der Waals surface area contributed by atoms with Crippen LogP contribution in [-0.2, 0) is 0 Å². The first-order chi connectivity index (χ1) is 7.56. The number of unbranched alkanes of at least 4 members (excludes halogenated alkanes) is 2. The SMILES string of the molecule is CCCCC[C@H](N)c1c(F)cc(Cl)cc1F. The van der Waals surface area contributed by atoms with Crippen molar-refractivity contribution >= 4 is 11.6 Å². The summed E-state index contributed by atoms with van der Waals surface area (Å²) in [6.07, 6.45) is 3.53. The lowest BCUT2D eigenvalue weighted by molar-refractivity contribution is 0.498. The highest BCUT2D eigenvalue weighted by atomic mass is 35.5. The van der Waals surface area contributed by atoms with E-state index in [0.717, 1.165) is 31.4 Å². The molecule has 1 rings (SSSR count). The molecule has 0 aromatic heterocycles. The molecule has 1 atom stereocenters. The van der Waals surface area contributed by atoms with E-state index >= 15 is 0 Å². The maximum absolute atomic E-state index is 13.5. The minimum absolute atomic E-state index is 0.0551. The first-order valence-corrected chi connectivity index (χ1v) is 5.84. The van der Waals surface area contributed by atoms with E-state index < -0.39 is 17.7 Å². The summed E-state index contributed by atoms with van der Waals surface area (Å²) in [7, 11) is 0. The maximum Gasteiger partial charge on any atom is 0.132 e. The van der Waals surface area contributed by atoms with Gasteiger partial charge in [-0.25, -0.2) is 8.78 Å². The molecule has 1 nitrogen and oxygen atoms in total. The van der Waals surface area contributed by atoms with Crippen LogP contribution < -0.4 is 5.73 Å².